The molecule has 1 rings (SSSR count). The number of halogens is 1. The van der Waals surface area contributed by atoms with Crippen molar-refractivity contribution in [3.05, 3.63) is 23.8 Å². The lowest BCUT2D eigenvalue weighted by molar-refractivity contribution is 0.0636. The molecule has 0 bridgehead atoms. The number of carbonyl (C=O) groups excluding carboxylic acids is 1. The Hall–Kier alpha value is -1.82. The Morgan fingerprint density at radius 3 is 2.65 bits per heavy atom. The molecule has 0 radical (unpaired) electrons. The van der Waals surface area contributed by atoms with E-state index in [9.17, 15) is 14.3 Å². The van der Waals surface area contributed by atoms with Crippen LogP contribution >= 0.6 is 0 Å². The Morgan fingerprint density at radius 1 is 1.50 bits per heavy atom. The van der Waals surface area contributed by atoms with E-state index in [0.29, 0.717) is 5.69 Å². The van der Waals surface area contributed by atoms with Crippen LogP contribution in [0.25, 0.3) is 0 Å². The summed E-state index contributed by atoms with van der Waals surface area (Å²) in [7, 11) is 0. The van der Waals surface area contributed by atoms with E-state index >= 15 is 0 Å². The molecule has 1 atom stereocenters. The average Bonchev–Trinajstić information content (AvgIpc) is 2.26. The van der Waals surface area contributed by atoms with Crippen LogP contribution in [0.5, 0.6) is 5.75 Å². The van der Waals surface area contributed by atoms with E-state index in [2.05, 4.69) is 5.32 Å². The van der Waals surface area contributed by atoms with Crippen LogP contribution in [0.2, 0.25) is 0 Å². The summed E-state index contributed by atoms with van der Waals surface area (Å²) in [5.41, 5.74) is 5.15. The van der Waals surface area contributed by atoms with E-state index in [-0.39, 0.29) is 24.3 Å². The second-order valence-corrected chi connectivity index (χ2v) is 5.45. The summed E-state index contributed by atoms with van der Waals surface area (Å²) in [5.74, 6) is -0.223. The van der Waals surface area contributed by atoms with Crippen molar-refractivity contribution in [2.45, 2.75) is 39.0 Å². The van der Waals surface area contributed by atoms with Gasteiger partial charge in [0.05, 0.1) is 0 Å². The summed E-state index contributed by atoms with van der Waals surface area (Å²) in [6.07, 6.45) is -1.83. The Balaban J connectivity index is 2.75. The third-order valence-electron chi connectivity index (χ3n) is 2.43. The van der Waals surface area contributed by atoms with Crippen molar-refractivity contribution in [3.63, 3.8) is 0 Å². The fourth-order valence-electron chi connectivity index (χ4n) is 1.61. The molecule has 0 spiro atoms. The summed E-state index contributed by atoms with van der Waals surface area (Å²) in [4.78, 5) is 11.6. The highest BCUT2D eigenvalue weighted by Crippen LogP contribution is 2.31. The van der Waals surface area contributed by atoms with Gasteiger partial charge in [-0.05, 0) is 39.8 Å². The molecule has 0 aliphatic heterocycles. The number of alkyl halides is 1. The summed E-state index contributed by atoms with van der Waals surface area (Å²) in [5, 5.41) is 12.2. The van der Waals surface area contributed by atoms with Crippen LogP contribution in [-0.4, -0.2) is 23.3 Å². The van der Waals surface area contributed by atoms with Crippen molar-refractivity contribution in [3.8, 4) is 5.75 Å². The summed E-state index contributed by atoms with van der Waals surface area (Å²) >= 11 is 0. The quantitative estimate of drug-likeness (QED) is 0.793. The first-order valence-corrected chi connectivity index (χ1v) is 6.40. The topological polar surface area (TPSA) is 84.6 Å². The van der Waals surface area contributed by atoms with Gasteiger partial charge in [0.25, 0.3) is 0 Å². The molecule has 20 heavy (non-hydrogen) atoms. The Labute approximate surface area is 117 Å². The molecule has 0 aliphatic rings. The van der Waals surface area contributed by atoms with Gasteiger partial charge in [-0.3, -0.25) is 5.32 Å². The second kappa shape index (κ2) is 6.56. The van der Waals surface area contributed by atoms with Crippen molar-refractivity contribution in [1.29, 1.82) is 0 Å². The normalized spacial score (nSPS) is 12.8. The minimum absolute atomic E-state index is 0.131. The minimum Gasteiger partial charge on any atom is -0.507 e. The first-order valence-electron chi connectivity index (χ1n) is 6.40. The van der Waals surface area contributed by atoms with Gasteiger partial charge in [-0.25, -0.2) is 9.18 Å². The van der Waals surface area contributed by atoms with E-state index in [4.69, 9.17) is 10.5 Å². The predicted molar refractivity (Wildman–Crippen MR) is 75.5 cm³/mol. The van der Waals surface area contributed by atoms with Gasteiger partial charge in [0, 0.05) is 17.3 Å². The van der Waals surface area contributed by atoms with Crippen molar-refractivity contribution in [2.75, 3.05) is 11.9 Å². The fourth-order valence-corrected chi connectivity index (χ4v) is 1.61. The number of benzene rings is 1. The zero-order chi connectivity index (χ0) is 15.3. The summed E-state index contributed by atoms with van der Waals surface area (Å²) < 4.78 is 18.7. The number of phenols is 1. The molecule has 4 N–H and O–H groups in total. The van der Waals surface area contributed by atoms with Crippen molar-refractivity contribution < 1.29 is 19.0 Å². The van der Waals surface area contributed by atoms with Crippen LogP contribution < -0.4 is 11.1 Å². The lowest BCUT2D eigenvalue weighted by Crippen LogP contribution is -2.27. The molecular weight excluding hydrogens is 263 g/mol. The molecule has 0 aliphatic carbocycles. The smallest absolute Gasteiger partial charge is 0.412 e. The molecule has 0 saturated heterocycles. The highest BCUT2D eigenvalue weighted by Gasteiger charge is 2.18. The zero-order valence-corrected chi connectivity index (χ0v) is 11.9. The Bertz CT molecular complexity index is 472. The van der Waals surface area contributed by atoms with Crippen LogP contribution in [0, 0.1) is 0 Å². The number of hydrogen-bond acceptors (Lipinski definition) is 4. The fraction of sp³-hybridized carbons (Fsp3) is 0.500. The van der Waals surface area contributed by atoms with Gasteiger partial charge < -0.3 is 15.6 Å². The number of nitrogens with one attached hydrogen (secondary N) is 1. The number of hydrogen-bond donors (Lipinski definition) is 3. The van der Waals surface area contributed by atoms with Gasteiger partial charge >= 0.3 is 6.09 Å². The molecule has 6 heteroatoms. The van der Waals surface area contributed by atoms with Crippen molar-refractivity contribution in [1.82, 2.24) is 0 Å². The molecule has 1 aromatic rings. The number of phenolic OH excluding ortho intramolecular Hbond substituents is 1. The third kappa shape index (κ3) is 5.05. The lowest BCUT2D eigenvalue weighted by Gasteiger charge is -2.20. The number of anilines is 1. The molecule has 1 unspecified atom stereocenters. The number of ether oxygens (including phenoxy) is 1. The lowest BCUT2D eigenvalue weighted by atomic mass is 10.1. The molecular formula is C14H21FN2O3. The maximum atomic E-state index is 13.7. The monoisotopic (exact) mass is 284 g/mol. The molecule has 0 aromatic heterocycles. The van der Waals surface area contributed by atoms with Gasteiger partial charge in [0.2, 0.25) is 0 Å². The zero-order valence-electron chi connectivity index (χ0n) is 11.9. The van der Waals surface area contributed by atoms with Crippen LogP contribution in [0.1, 0.15) is 38.9 Å². The molecule has 1 amide bonds. The van der Waals surface area contributed by atoms with Crippen molar-refractivity contribution in [2.24, 2.45) is 5.73 Å². The van der Waals surface area contributed by atoms with Crippen molar-refractivity contribution >= 4 is 11.8 Å². The van der Waals surface area contributed by atoms with Crippen LogP contribution in [0.4, 0.5) is 14.9 Å². The third-order valence-corrected chi connectivity index (χ3v) is 2.43. The van der Waals surface area contributed by atoms with Crippen LogP contribution in [0.3, 0.4) is 0 Å². The Morgan fingerprint density at radius 2 is 2.15 bits per heavy atom. The second-order valence-electron chi connectivity index (χ2n) is 5.45. The molecule has 0 fully saturated rings. The first kappa shape index (κ1) is 16.2. The molecule has 112 valence electrons. The maximum absolute atomic E-state index is 13.7. The van der Waals surface area contributed by atoms with Gasteiger partial charge in [0.1, 0.15) is 17.5 Å². The standard InChI is InChI=1S/C14H21FN2O3/c1-14(2,3)20-13(19)17-9-4-5-10(12(18)8-9)11(15)6-7-16/h4-5,8,11,18H,6-7,16H2,1-3H3,(H,17,19). The largest absolute Gasteiger partial charge is 0.507 e. The van der Waals surface area contributed by atoms with Gasteiger partial charge in [-0.2, -0.15) is 0 Å². The number of rotatable bonds is 4. The van der Waals surface area contributed by atoms with E-state index in [1.54, 1.807) is 20.8 Å². The maximum Gasteiger partial charge on any atom is 0.412 e. The van der Waals surface area contributed by atoms with E-state index in [1.807, 2.05) is 0 Å². The minimum atomic E-state index is -1.32. The molecule has 0 heterocycles. The van der Waals surface area contributed by atoms with E-state index in [0.717, 1.165) is 0 Å². The highest BCUT2D eigenvalue weighted by molar-refractivity contribution is 5.85. The number of amides is 1. The van der Waals surface area contributed by atoms with Crippen LogP contribution in [-0.2, 0) is 4.74 Å². The average molecular weight is 284 g/mol. The first-order chi connectivity index (χ1) is 9.23. The summed E-state index contributed by atoms with van der Waals surface area (Å²) in [6.45, 7) is 5.42. The van der Waals surface area contributed by atoms with E-state index in [1.165, 1.54) is 18.2 Å². The number of aromatic hydroxyl groups is 1. The highest BCUT2D eigenvalue weighted by atomic mass is 19.1. The SMILES string of the molecule is CC(C)(C)OC(=O)Nc1ccc(C(F)CCN)c(O)c1. The summed E-state index contributed by atoms with van der Waals surface area (Å²) in [6, 6.07) is 4.20. The molecule has 0 saturated carbocycles. The molecule has 1 aromatic carbocycles. The number of nitrogens with two attached hydrogens (primary N) is 1. The van der Waals surface area contributed by atoms with Gasteiger partial charge in [0.15, 0.2) is 0 Å². The van der Waals surface area contributed by atoms with Gasteiger partial charge in [-0.15, -0.1) is 0 Å². The van der Waals surface area contributed by atoms with Gasteiger partial charge in [-0.1, -0.05) is 6.07 Å². The van der Waals surface area contributed by atoms with E-state index < -0.39 is 17.9 Å². The number of carbonyl (C=O) groups is 1. The Kier molecular flexibility index (Phi) is 5.33. The molecule has 5 nitrogen and oxygen atoms in total. The predicted octanol–water partition coefficient (Wildman–Crippen LogP) is 3.10. The van der Waals surface area contributed by atoms with Crippen LogP contribution in [0.15, 0.2) is 18.2 Å².